The van der Waals surface area contributed by atoms with Crippen LogP contribution in [0.4, 0.5) is 0 Å². The first-order valence-electron chi connectivity index (χ1n) is 10.1. The summed E-state index contributed by atoms with van der Waals surface area (Å²) in [4.78, 5) is 24.6. The minimum absolute atomic E-state index is 0.0957. The molecule has 0 radical (unpaired) electrons. The van der Waals surface area contributed by atoms with E-state index >= 15 is 0 Å². The van der Waals surface area contributed by atoms with Crippen molar-refractivity contribution in [3.63, 3.8) is 0 Å². The Balaban J connectivity index is 1.48. The van der Waals surface area contributed by atoms with Crippen LogP contribution in [0.5, 0.6) is 28.7 Å². The highest BCUT2D eigenvalue weighted by Crippen LogP contribution is 2.38. The Hall–Kier alpha value is -3.62. The number of benzene rings is 2. The zero-order valence-electron chi connectivity index (χ0n) is 18.6. The lowest BCUT2D eigenvalue weighted by atomic mass is 10.1. The third-order valence-electron chi connectivity index (χ3n) is 4.92. The zero-order chi connectivity index (χ0) is 23.1. The molecule has 0 spiro atoms. The van der Waals surface area contributed by atoms with Gasteiger partial charge in [0.05, 0.1) is 21.3 Å². The number of fused-ring (bicyclic) bond motifs is 1. The zero-order valence-corrected chi connectivity index (χ0v) is 18.6. The van der Waals surface area contributed by atoms with Gasteiger partial charge in [0.1, 0.15) is 0 Å². The van der Waals surface area contributed by atoms with E-state index in [-0.39, 0.29) is 25.7 Å². The summed E-state index contributed by atoms with van der Waals surface area (Å²) in [6.07, 6.45) is -0.434. The molecule has 32 heavy (non-hydrogen) atoms. The fourth-order valence-corrected chi connectivity index (χ4v) is 3.22. The summed E-state index contributed by atoms with van der Waals surface area (Å²) in [5.74, 6) is 1.94. The summed E-state index contributed by atoms with van der Waals surface area (Å²) in [7, 11) is 4.58. The standard InChI is InChI=1S/C23H27NO8/c1-14(23(26)24-12-16-5-7-17-18(11-16)31-13-30-17)32-21(25)8-6-15-9-19(27-2)22(29-4)20(10-15)28-3/h5,7,9-11,14H,6,8,12-13H2,1-4H3,(H,24,26). The van der Waals surface area contributed by atoms with Crippen LogP contribution >= 0.6 is 0 Å². The average Bonchev–Trinajstić information content (AvgIpc) is 3.28. The first-order chi connectivity index (χ1) is 15.4. The van der Waals surface area contributed by atoms with Crippen LogP contribution in [0.3, 0.4) is 0 Å². The second kappa shape index (κ2) is 10.6. The molecule has 2 aromatic carbocycles. The van der Waals surface area contributed by atoms with Gasteiger partial charge in [0.2, 0.25) is 12.5 Å². The number of ether oxygens (including phenoxy) is 6. The first kappa shape index (κ1) is 23.1. The second-order valence-corrected chi connectivity index (χ2v) is 7.07. The van der Waals surface area contributed by atoms with Crippen LogP contribution in [0, 0.1) is 0 Å². The van der Waals surface area contributed by atoms with E-state index in [1.54, 1.807) is 24.3 Å². The summed E-state index contributed by atoms with van der Waals surface area (Å²) in [6.45, 7) is 2.00. The van der Waals surface area contributed by atoms with Gasteiger partial charge in [-0.25, -0.2) is 0 Å². The lowest BCUT2D eigenvalue weighted by Gasteiger charge is -2.15. The molecule has 172 valence electrons. The predicted molar refractivity (Wildman–Crippen MR) is 114 cm³/mol. The molecule has 0 fully saturated rings. The molecule has 0 aliphatic carbocycles. The molecule has 3 rings (SSSR count). The number of hydrogen-bond donors (Lipinski definition) is 1. The molecule has 1 unspecified atom stereocenters. The summed E-state index contributed by atoms with van der Waals surface area (Å²) in [5.41, 5.74) is 1.67. The molecule has 9 heteroatoms. The van der Waals surface area contributed by atoms with Gasteiger partial charge >= 0.3 is 5.97 Å². The van der Waals surface area contributed by atoms with Gasteiger partial charge in [-0.15, -0.1) is 0 Å². The number of amides is 1. The molecular formula is C23H27NO8. The summed E-state index contributed by atoms with van der Waals surface area (Å²) in [5, 5.41) is 2.75. The Bertz CT molecular complexity index is 949. The number of rotatable bonds is 10. The van der Waals surface area contributed by atoms with Crippen molar-refractivity contribution < 1.29 is 38.0 Å². The van der Waals surface area contributed by atoms with Crippen LogP contribution in [0.1, 0.15) is 24.5 Å². The monoisotopic (exact) mass is 445 g/mol. The third-order valence-corrected chi connectivity index (χ3v) is 4.92. The van der Waals surface area contributed by atoms with Gasteiger partial charge in [0, 0.05) is 13.0 Å². The molecule has 9 nitrogen and oxygen atoms in total. The Labute approximate surface area is 186 Å². The molecule has 1 aliphatic rings. The fourth-order valence-electron chi connectivity index (χ4n) is 3.22. The van der Waals surface area contributed by atoms with Crippen molar-refractivity contribution in [2.24, 2.45) is 0 Å². The highest BCUT2D eigenvalue weighted by molar-refractivity contribution is 5.83. The molecule has 1 heterocycles. The fraction of sp³-hybridized carbons (Fsp3) is 0.391. The van der Waals surface area contributed by atoms with Crippen LogP contribution in [-0.2, 0) is 27.3 Å². The Morgan fingerprint density at radius 3 is 2.31 bits per heavy atom. The van der Waals surface area contributed by atoms with Crippen LogP contribution in [0.2, 0.25) is 0 Å². The number of aryl methyl sites for hydroxylation is 1. The third kappa shape index (κ3) is 5.54. The van der Waals surface area contributed by atoms with Gasteiger partial charge in [-0.1, -0.05) is 6.07 Å². The van der Waals surface area contributed by atoms with Crippen molar-refractivity contribution in [2.45, 2.75) is 32.4 Å². The normalized spacial score (nSPS) is 12.6. The second-order valence-electron chi connectivity index (χ2n) is 7.07. The van der Waals surface area contributed by atoms with Gasteiger partial charge in [-0.3, -0.25) is 9.59 Å². The van der Waals surface area contributed by atoms with Gasteiger partial charge in [-0.2, -0.15) is 0 Å². The SMILES string of the molecule is COc1cc(CCC(=O)OC(C)C(=O)NCc2ccc3c(c2)OCO3)cc(OC)c1OC. The molecule has 1 amide bonds. The van der Waals surface area contributed by atoms with Crippen molar-refractivity contribution in [2.75, 3.05) is 28.1 Å². The highest BCUT2D eigenvalue weighted by Gasteiger charge is 2.19. The summed E-state index contributed by atoms with van der Waals surface area (Å²) < 4.78 is 31.8. The number of carbonyl (C=O) groups is 2. The molecule has 0 bridgehead atoms. The summed E-state index contributed by atoms with van der Waals surface area (Å²) in [6, 6.07) is 8.97. The Morgan fingerprint density at radius 2 is 1.66 bits per heavy atom. The van der Waals surface area contributed by atoms with Gasteiger partial charge in [0.25, 0.3) is 5.91 Å². The topological polar surface area (TPSA) is 102 Å². The van der Waals surface area contributed by atoms with Crippen LogP contribution in [0.25, 0.3) is 0 Å². The maximum absolute atomic E-state index is 12.3. The van der Waals surface area contributed by atoms with E-state index in [1.807, 2.05) is 6.07 Å². The largest absolute Gasteiger partial charge is 0.493 e. The Morgan fingerprint density at radius 1 is 0.969 bits per heavy atom. The molecule has 0 saturated heterocycles. The number of nitrogens with one attached hydrogen (secondary N) is 1. The lowest BCUT2D eigenvalue weighted by Crippen LogP contribution is -2.35. The molecule has 0 aromatic heterocycles. The number of carbonyl (C=O) groups excluding carboxylic acids is 2. The van der Waals surface area contributed by atoms with E-state index in [0.717, 1.165) is 11.1 Å². The van der Waals surface area contributed by atoms with E-state index in [9.17, 15) is 9.59 Å². The molecule has 2 aromatic rings. The minimum Gasteiger partial charge on any atom is -0.493 e. The van der Waals surface area contributed by atoms with Crippen molar-refractivity contribution >= 4 is 11.9 Å². The number of hydrogen-bond acceptors (Lipinski definition) is 8. The van der Waals surface area contributed by atoms with E-state index in [2.05, 4.69) is 5.32 Å². The number of esters is 1. The van der Waals surface area contributed by atoms with Crippen LogP contribution in [-0.4, -0.2) is 46.1 Å². The number of methoxy groups -OCH3 is 3. The lowest BCUT2D eigenvalue weighted by molar-refractivity contribution is -0.154. The van der Waals surface area contributed by atoms with Crippen molar-refractivity contribution in [3.05, 3.63) is 41.5 Å². The van der Waals surface area contributed by atoms with Crippen LogP contribution in [0.15, 0.2) is 30.3 Å². The van der Waals surface area contributed by atoms with E-state index in [1.165, 1.54) is 28.3 Å². The molecule has 1 N–H and O–H groups in total. The minimum atomic E-state index is -0.920. The quantitative estimate of drug-likeness (QED) is 0.557. The van der Waals surface area contributed by atoms with E-state index in [4.69, 9.17) is 28.4 Å². The predicted octanol–water partition coefficient (Wildman–Crippen LogP) is 2.62. The molecule has 0 saturated carbocycles. The smallest absolute Gasteiger partial charge is 0.306 e. The van der Waals surface area contributed by atoms with Gasteiger partial charge < -0.3 is 33.7 Å². The van der Waals surface area contributed by atoms with Crippen molar-refractivity contribution in [1.29, 1.82) is 0 Å². The van der Waals surface area contributed by atoms with E-state index < -0.39 is 12.1 Å². The highest BCUT2D eigenvalue weighted by atomic mass is 16.7. The first-order valence-corrected chi connectivity index (χ1v) is 10.1. The molecule has 1 aliphatic heterocycles. The maximum Gasteiger partial charge on any atom is 0.306 e. The summed E-state index contributed by atoms with van der Waals surface area (Å²) >= 11 is 0. The molecular weight excluding hydrogens is 418 g/mol. The van der Waals surface area contributed by atoms with Crippen molar-refractivity contribution in [1.82, 2.24) is 5.32 Å². The maximum atomic E-state index is 12.3. The van der Waals surface area contributed by atoms with Crippen molar-refractivity contribution in [3.8, 4) is 28.7 Å². The van der Waals surface area contributed by atoms with Gasteiger partial charge in [0.15, 0.2) is 29.1 Å². The Kier molecular flexibility index (Phi) is 7.64. The average molecular weight is 445 g/mol. The van der Waals surface area contributed by atoms with Gasteiger partial charge in [-0.05, 0) is 48.7 Å². The van der Waals surface area contributed by atoms with E-state index in [0.29, 0.717) is 35.2 Å². The van der Waals surface area contributed by atoms with Crippen LogP contribution < -0.4 is 29.0 Å². The molecule has 1 atom stereocenters.